The van der Waals surface area contributed by atoms with E-state index in [1.54, 1.807) is 6.07 Å². The second kappa shape index (κ2) is 8.19. The number of carbonyl (C=O) groups excluding carboxylic acids is 1. The summed E-state index contributed by atoms with van der Waals surface area (Å²) in [6.45, 7) is 0.306. The largest absolute Gasteiger partial charge is 0.361 e. The molecule has 2 aromatic carbocycles. The third kappa shape index (κ3) is 4.02. The quantitative estimate of drug-likeness (QED) is 0.446. The number of H-pyrrole nitrogens is 1. The lowest BCUT2D eigenvalue weighted by Crippen LogP contribution is -2.26. The maximum absolute atomic E-state index is 13.8. The predicted octanol–water partition coefficient (Wildman–Crippen LogP) is 4.18. The maximum Gasteiger partial charge on any atom is 0.292 e. The van der Waals surface area contributed by atoms with Crippen molar-refractivity contribution >= 4 is 28.4 Å². The molecule has 2 N–H and O–H groups in total. The van der Waals surface area contributed by atoms with Crippen molar-refractivity contribution in [2.24, 2.45) is 0 Å². The van der Waals surface area contributed by atoms with Crippen LogP contribution in [0.15, 0.2) is 41.1 Å². The molecule has 30 heavy (non-hydrogen) atoms. The van der Waals surface area contributed by atoms with Gasteiger partial charge in [-0.2, -0.15) is 4.98 Å². The third-order valence-corrected chi connectivity index (χ3v) is 4.77. The molecule has 154 valence electrons. The van der Waals surface area contributed by atoms with E-state index in [0.717, 1.165) is 28.6 Å². The van der Waals surface area contributed by atoms with Crippen molar-refractivity contribution in [1.82, 2.24) is 20.4 Å². The van der Waals surface area contributed by atoms with Gasteiger partial charge in [0.1, 0.15) is 0 Å². The van der Waals surface area contributed by atoms with E-state index in [2.05, 4.69) is 20.4 Å². The normalized spacial score (nSPS) is 11.2. The van der Waals surface area contributed by atoms with Crippen molar-refractivity contribution in [1.29, 1.82) is 0 Å². The highest BCUT2D eigenvalue weighted by molar-refractivity contribution is 6.31. The van der Waals surface area contributed by atoms with Crippen LogP contribution in [-0.4, -0.2) is 27.6 Å². The molecule has 1 amide bonds. The summed E-state index contributed by atoms with van der Waals surface area (Å²) < 4.78 is 45.0. The van der Waals surface area contributed by atoms with E-state index in [1.165, 1.54) is 0 Å². The molecule has 0 aliphatic rings. The van der Waals surface area contributed by atoms with Crippen LogP contribution in [0, 0.1) is 17.5 Å². The smallest absolute Gasteiger partial charge is 0.292 e. The minimum atomic E-state index is -1.58. The molecule has 10 heteroatoms. The minimum absolute atomic E-state index is 0.101. The maximum atomic E-state index is 13.8. The molecule has 0 radical (unpaired) electrons. The lowest BCUT2D eigenvalue weighted by Gasteiger charge is -2.02. The highest BCUT2D eigenvalue weighted by Gasteiger charge is 2.18. The van der Waals surface area contributed by atoms with Crippen LogP contribution in [-0.2, 0) is 12.8 Å². The number of hydrogen-bond donors (Lipinski definition) is 2. The number of benzene rings is 2. The standard InChI is InChI=1S/C20H14ClF3N4O2/c21-12-2-4-15-13(8-12)11(9-26-15)5-6-25-20(29)19-27-16(30-28-19)7-10-1-3-14(22)18(24)17(10)23/h1-4,8-9,26H,5-7H2,(H,25,29). The molecular formula is C20H14ClF3N4O2. The molecule has 4 aromatic rings. The molecular weight excluding hydrogens is 421 g/mol. The number of nitrogens with zero attached hydrogens (tertiary/aromatic N) is 2. The van der Waals surface area contributed by atoms with Crippen LogP contribution in [0.25, 0.3) is 10.9 Å². The molecule has 2 heterocycles. The van der Waals surface area contributed by atoms with Crippen LogP contribution in [0.5, 0.6) is 0 Å². The molecule has 0 atom stereocenters. The van der Waals surface area contributed by atoms with E-state index < -0.39 is 23.4 Å². The summed E-state index contributed by atoms with van der Waals surface area (Å²) in [5.41, 5.74) is 1.76. The summed E-state index contributed by atoms with van der Waals surface area (Å²) in [5.74, 6) is -5.12. The highest BCUT2D eigenvalue weighted by Crippen LogP contribution is 2.22. The van der Waals surface area contributed by atoms with E-state index in [4.69, 9.17) is 16.1 Å². The number of halogens is 4. The molecule has 0 aliphatic heterocycles. The van der Waals surface area contributed by atoms with Crippen molar-refractivity contribution < 1.29 is 22.5 Å². The van der Waals surface area contributed by atoms with Gasteiger partial charge in [0.25, 0.3) is 11.7 Å². The van der Waals surface area contributed by atoms with Crippen molar-refractivity contribution in [2.75, 3.05) is 6.54 Å². The Labute approximate surface area is 173 Å². The average molecular weight is 435 g/mol. The molecule has 0 fully saturated rings. The zero-order chi connectivity index (χ0) is 21.3. The van der Waals surface area contributed by atoms with Crippen LogP contribution in [0.4, 0.5) is 13.2 Å². The second-order valence-electron chi connectivity index (χ2n) is 6.53. The number of fused-ring (bicyclic) bond motifs is 1. The van der Waals surface area contributed by atoms with E-state index in [-0.39, 0.29) is 23.7 Å². The van der Waals surface area contributed by atoms with Crippen molar-refractivity contribution in [3.63, 3.8) is 0 Å². The minimum Gasteiger partial charge on any atom is -0.361 e. The summed E-state index contributed by atoms with van der Waals surface area (Å²) in [4.78, 5) is 19.2. The molecule has 0 saturated carbocycles. The first-order valence-corrected chi connectivity index (χ1v) is 9.29. The summed E-state index contributed by atoms with van der Waals surface area (Å²) in [5, 5.41) is 7.79. The fraction of sp³-hybridized carbons (Fsp3) is 0.150. The van der Waals surface area contributed by atoms with E-state index in [9.17, 15) is 18.0 Å². The first-order valence-electron chi connectivity index (χ1n) is 8.91. The van der Waals surface area contributed by atoms with E-state index >= 15 is 0 Å². The van der Waals surface area contributed by atoms with Gasteiger partial charge in [0.05, 0.1) is 6.42 Å². The number of aromatic nitrogens is 3. The molecule has 4 rings (SSSR count). The SMILES string of the molecule is O=C(NCCc1c[nH]c2ccc(Cl)cc12)c1noc(Cc2ccc(F)c(F)c2F)n1. The van der Waals surface area contributed by atoms with Crippen LogP contribution >= 0.6 is 11.6 Å². The Bertz CT molecular complexity index is 1240. The van der Waals surface area contributed by atoms with Crippen LogP contribution < -0.4 is 5.32 Å². The summed E-state index contributed by atoms with van der Waals surface area (Å²) in [7, 11) is 0. The Morgan fingerprint density at radius 1 is 1.13 bits per heavy atom. The topological polar surface area (TPSA) is 83.8 Å². The Hall–Kier alpha value is -3.33. The van der Waals surface area contributed by atoms with Gasteiger partial charge < -0.3 is 14.8 Å². The van der Waals surface area contributed by atoms with E-state index in [1.807, 2.05) is 18.3 Å². The molecule has 0 saturated heterocycles. The molecule has 0 unspecified atom stereocenters. The van der Waals surface area contributed by atoms with E-state index in [0.29, 0.717) is 18.0 Å². The van der Waals surface area contributed by atoms with Gasteiger partial charge in [-0.25, -0.2) is 13.2 Å². The fourth-order valence-corrected chi connectivity index (χ4v) is 3.20. The van der Waals surface area contributed by atoms with Crippen molar-refractivity contribution in [3.8, 4) is 0 Å². The summed E-state index contributed by atoms with van der Waals surface area (Å²) in [6, 6.07) is 7.37. The van der Waals surface area contributed by atoms with Crippen LogP contribution in [0.1, 0.15) is 27.6 Å². The van der Waals surface area contributed by atoms with Crippen molar-refractivity contribution in [3.05, 3.63) is 81.8 Å². The second-order valence-corrected chi connectivity index (χ2v) is 6.97. The number of hydrogen-bond acceptors (Lipinski definition) is 4. The number of carbonyl (C=O) groups is 1. The Balaban J connectivity index is 1.37. The van der Waals surface area contributed by atoms with Gasteiger partial charge in [0.15, 0.2) is 17.5 Å². The first kappa shape index (κ1) is 20.0. The van der Waals surface area contributed by atoms with Gasteiger partial charge in [0, 0.05) is 34.2 Å². The Morgan fingerprint density at radius 2 is 1.97 bits per heavy atom. The molecule has 2 aromatic heterocycles. The molecule has 0 spiro atoms. The number of rotatable bonds is 6. The Morgan fingerprint density at radius 3 is 2.80 bits per heavy atom. The predicted molar refractivity (Wildman–Crippen MR) is 103 cm³/mol. The van der Waals surface area contributed by atoms with Crippen LogP contribution in [0.2, 0.25) is 5.02 Å². The average Bonchev–Trinajstić information content (AvgIpc) is 3.35. The Kier molecular flexibility index (Phi) is 5.45. The first-order chi connectivity index (χ1) is 14.4. The zero-order valence-electron chi connectivity index (χ0n) is 15.3. The molecule has 0 bridgehead atoms. The summed E-state index contributed by atoms with van der Waals surface area (Å²) in [6.07, 6.45) is 2.10. The highest BCUT2D eigenvalue weighted by atomic mass is 35.5. The number of aromatic amines is 1. The van der Waals surface area contributed by atoms with Gasteiger partial charge in [-0.3, -0.25) is 4.79 Å². The number of amides is 1. The summed E-state index contributed by atoms with van der Waals surface area (Å²) >= 11 is 6.03. The third-order valence-electron chi connectivity index (χ3n) is 4.54. The van der Waals surface area contributed by atoms with Crippen LogP contribution in [0.3, 0.4) is 0 Å². The lowest BCUT2D eigenvalue weighted by atomic mass is 10.1. The fourth-order valence-electron chi connectivity index (χ4n) is 3.03. The van der Waals surface area contributed by atoms with Crippen molar-refractivity contribution in [2.45, 2.75) is 12.8 Å². The van der Waals surface area contributed by atoms with Gasteiger partial charge in [-0.05, 0) is 36.2 Å². The molecule has 6 nitrogen and oxygen atoms in total. The monoisotopic (exact) mass is 434 g/mol. The molecule has 0 aliphatic carbocycles. The van der Waals surface area contributed by atoms with Gasteiger partial charge in [-0.1, -0.05) is 22.8 Å². The van der Waals surface area contributed by atoms with Gasteiger partial charge >= 0.3 is 0 Å². The number of nitrogens with one attached hydrogen (secondary N) is 2. The van der Waals surface area contributed by atoms with Gasteiger partial charge in [0.2, 0.25) is 5.89 Å². The lowest BCUT2D eigenvalue weighted by molar-refractivity contribution is 0.0941. The van der Waals surface area contributed by atoms with Gasteiger partial charge in [-0.15, -0.1) is 0 Å². The zero-order valence-corrected chi connectivity index (χ0v) is 16.1.